The number of rotatable bonds is 3. The Kier molecular flexibility index (Phi) is 9.31. The molecule has 4 fully saturated rings. The average molecular weight is 505 g/mol. The van der Waals surface area contributed by atoms with Crippen molar-refractivity contribution >= 4 is 17.7 Å². The van der Waals surface area contributed by atoms with Crippen molar-refractivity contribution in [1.82, 2.24) is 20.9 Å². The Hall–Kier alpha value is -1.67. The lowest BCUT2D eigenvalue weighted by atomic mass is 9.73. The minimum absolute atomic E-state index is 0.0460. The highest BCUT2D eigenvalue weighted by Gasteiger charge is 2.42. The van der Waals surface area contributed by atoms with Gasteiger partial charge in [-0.3, -0.25) is 14.4 Å². The predicted octanol–water partition coefficient (Wildman–Crippen LogP) is 2.61. The predicted molar refractivity (Wildman–Crippen MR) is 139 cm³/mol. The highest BCUT2D eigenvalue weighted by Crippen LogP contribution is 2.41. The second-order valence-corrected chi connectivity index (χ2v) is 12.2. The molecule has 8 nitrogen and oxygen atoms in total. The number of hydrogen-bond acceptors (Lipinski definition) is 5. The number of likely N-dealkylation sites (N-methyl/N-ethyl adjacent to an activating group) is 1. The molecular weight excluding hydrogens is 456 g/mol. The minimum atomic E-state index is -0.656. The van der Waals surface area contributed by atoms with Crippen molar-refractivity contribution in [2.45, 2.75) is 115 Å². The van der Waals surface area contributed by atoms with Gasteiger partial charge in [-0.1, -0.05) is 20.3 Å². The maximum atomic E-state index is 13.5. The largest absolute Gasteiger partial charge is 0.373 e. The summed E-state index contributed by atoms with van der Waals surface area (Å²) in [6.45, 7) is 7.14. The molecule has 2 saturated carbocycles. The molecule has 3 N–H and O–H groups in total. The van der Waals surface area contributed by atoms with Crippen LogP contribution in [0.5, 0.6) is 0 Å². The van der Waals surface area contributed by atoms with E-state index in [1.54, 1.807) is 18.9 Å². The number of carbonyl (C=O) groups is 3. The first-order chi connectivity index (χ1) is 17.2. The number of hydrogen-bond donors (Lipinski definition) is 3. The molecule has 2 aliphatic heterocycles. The first-order valence-electron chi connectivity index (χ1n) is 14.5. The van der Waals surface area contributed by atoms with Gasteiger partial charge in [0.15, 0.2) is 0 Å². The molecular formula is C28H48N4O4. The van der Waals surface area contributed by atoms with E-state index in [2.05, 4.69) is 16.0 Å². The Bertz CT molecular complexity index is 786. The van der Waals surface area contributed by atoms with Crippen LogP contribution >= 0.6 is 0 Å². The zero-order chi connectivity index (χ0) is 25.8. The molecule has 0 radical (unpaired) electrons. The third-order valence-electron chi connectivity index (χ3n) is 8.91. The fraction of sp³-hybridized carbons (Fsp3) is 0.893. The third kappa shape index (κ3) is 6.80. The van der Waals surface area contributed by atoms with Gasteiger partial charge in [-0.25, -0.2) is 0 Å². The van der Waals surface area contributed by atoms with Crippen molar-refractivity contribution in [2.75, 3.05) is 20.1 Å². The molecule has 7 atom stereocenters. The molecule has 204 valence electrons. The van der Waals surface area contributed by atoms with Crippen molar-refractivity contribution < 1.29 is 19.1 Å². The van der Waals surface area contributed by atoms with E-state index < -0.39 is 12.1 Å². The summed E-state index contributed by atoms with van der Waals surface area (Å²) in [5.41, 5.74) is 0. The summed E-state index contributed by atoms with van der Waals surface area (Å²) in [7, 11) is 1.70. The van der Waals surface area contributed by atoms with Crippen LogP contribution in [0, 0.1) is 23.7 Å². The van der Waals surface area contributed by atoms with Crippen LogP contribution in [-0.2, 0) is 19.1 Å². The van der Waals surface area contributed by atoms with Gasteiger partial charge in [-0.15, -0.1) is 0 Å². The molecule has 36 heavy (non-hydrogen) atoms. The number of ether oxygens (including phenoxy) is 1. The molecule has 4 rings (SSSR count). The molecule has 2 saturated heterocycles. The zero-order valence-corrected chi connectivity index (χ0v) is 22.8. The van der Waals surface area contributed by atoms with Crippen molar-refractivity contribution in [3.63, 3.8) is 0 Å². The van der Waals surface area contributed by atoms with Gasteiger partial charge < -0.3 is 25.6 Å². The number of carbonyl (C=O) groups excluding carboxylic acids is 3. The van der Waals surface area contributed by atoms with E-state index in [9.17, 15) is 14.4 Å². The molecule has 0 aromatic carbocycles. The van der Waals surface area contributed by atoms with E-state index in [1.165, 1.54) is 25.7 Å². The highest BCUT2D eigenvalue weighted by atomic mass is 16.5. The molecule has 0 aromatic heterocycles. The van der Waals surface area contributed by atoms with Gasteiger partial charge in [-0.2, -0.15) is 0 Å². The lowest BCUT2D eigenvalue weighted by Gasteiger charge is -2.44. The van der Waals surface area contributed by atoms with Gasteiger partial charge in [-0.05, 0) is 88.4 Å². The molecule has 0 spiro atoms. The maximum Gasteiger partial charge on any atom is 0.243 e. The van der Waals surface area contributed by atoms with Crippen LogP contribution in [-0.4, -0.2) is 73.1 Å². The maximum absolute atomic E-state index is 13.5. The molecule has 2 bridgehead atoms. The summed E-state index contributed by atoms with van der Waals surface area (Å²) in [6.07, 6.45) is 11.0. The summed E-state index contributed by atoms with van der Waals surface area (Å²) in [5.74, 6) is 1.28. The van der Waals surface area contributed by atoms with Gasteiger partial charge >= 0.3 is 0 Å². The molecule has 0 aromatic rings. The summed E-state index contributed by atoms with van der Waals surface area (Å²) >= 11 is 0. The van der Waals surface area contributed by atoms with Crippen LogP contribution in [0.3, 0.4) is 0 Å². The molecule has 3 amide bonds. The third-order valence-corrected chi connectivity index (χ3v) is 8.91. The normalized spacial score (nSPS) is 37.6. The SMILES string of the molecule is CC(C)C[C@H]1NC(=O)[C@@H](C)N(C)C(=O)[C@H](C2CC2)NC[C@H]2CCC3CCCC(CCCNC1=O)C3O2. The average Bonchev–Trinajstić information content (AvgIpc) is 3.69. The first-order valence-corrected chi connectivity index (χ1v) is 14.5. The fourth-order valence-electron chi connectivity index (χ4n) is 6.46. The molecule has 2 heterocycles. The summed E-state index contributed by atoms with van der Waals surface area (Å²) in [6, 6.07) is -1.54. The van der Waals surface area contributed by atoms with Gasteiger partial charge in [0.1, 0.15) is 12.1 Å². The monoisotopic (exact) mass is 504 g/mol. The fourth-order valence-corrected chi connectivity index (χ4v) is 6.46. The number of nitrogens with zero attached hydrogens (tertiary/aromatic N) is 1. The van der Waals surface area contributed by atoms with E-state index >= 15 is 0 Å². The van der Waals surface area contributed by atoms with Gasteiger partial charge in [0.05, 0.1) is 18.2 Å². The molecule has 4 aliphatic rings. The van der Waals surface area contributed by atoms with Crippen molar-refractivity contribution in [3.8, 4) is 0 Å². The Balaban J connectivity index is 1.51. The Morgan fingerprint density at radius 1 is 0.917 bits per heavy atom. The first kappa shape index (κ1) is 27.4. The molecule has 2 aliphatic carbocycles. The zero-order valence-electron chi connectivity index (χ0n) is 22.8. The lowest BCUT2D eigenvalue weighted by molar-refractivity contribution is -0.142. The Morgan fingerprint density at radius 3 is 2.28 bits per heavy atom. The van der Waals surface area contributed by atoms with Crippen LogP contribution in [0.15, 0.2) is 0 Å². The van der Waals surface area contributed by atoms with Crippen molar-refractivity contribution in [3.05, 3.63) is 0 Å². The lowest BCUT2D eigenvalue weighted by Crippen LogP contribution is -2.57. The van der Waals surface area contributed by atoms with Gasteiger partial charge in [0, 0.05) is 20.1 Å². The van der Waals surface area contributed by atoms with Crippen LogP contribution in [0.4, 0.5) is 0 Å². The van der Waals surface area contributed by atoms with Gasteiger partial charge in [0.2, 0.25) is 17.7 Å². The number of amides is 3. The number of fused-ring (bicyclic) bond motifs is 1. The standard InChI is InChI=1S/C28H48N4O4/c1-17(2)15-23-27(34)29-14-6-9-20-7-5-8-21-12-13-22(36-25(20)21)16-30-24(19-10-11-19)28(35)32(4)18(3)26(33)31-23/h17-25,30H,5-16H2,1-4H3,(H,29,34)(H,31,33)/t18-,20?,21?,22-,23-,24+,25?/m1/s1. The van der Waals surface area contributed by atoms with Crippen LogP contribution in [0.2, 0.25) is 0 Å². The summed E-state index contributed by atoms with van der Waals surface area (Å²) < 4.78 is 6.69. The molecule has 3 unspecified atom stereocenters. The van der Waals surface area contributed by atoms with E-state index in [0.717, 1.165) is 32.1 Å². The molecule has 8 heteroatoms. The van der Waals surface area contributed by atoms with Gasteiger partial charge in [0.25, 0.3) is 0 Å². The van der Waals surface area contributed by atoms with E-state index in [-0.39, 0.29) is 35.8 Å². The van der Waals surface area contributed by atoms with E-state index in [4.69, 9.17) is 4.74 Å². The summed E-state index contributed by atoms with van der Waals surface area (Å²) in [5, 5.41) is 9.57. The van der Waals surface area contributed by atoms with Crippen molar-refractivity contribution in [1.29, 1.82) is 0 Å². The minimum Gasteiger partial charge on any atom is -0.373 e. The summed E-state index contributed by atoms with van der Waals surface area (Å²) in [4.78, 5) is 41.2. The smallest absolute Gasteiger partial charge is 0.243 e. The topological polar surface area (TPSA) is 99.8 Å². The quantitative estimate of drug-likeness (QED) is 0.549. The number of nitrogens with one attached hydrogen (secondary N) is 3. The van der Waals surface area contributed by atoms with E-state index in [1.807, 2.05) is 13.8 Å². The second kappa shape index (κ2) is 12.2. The highest BCUT2D eigenvalue weighted by molar-refractivity contribution is 5.93. The van der Waals surface area contributed by atoms with Crippen LogP contribution in [0.1, 0.15) is 85.0 Å². The van der Waals surface area contributed by atoms with Crippen molar-refractivity contribution in [2.24, 2.45) is 23.7 Å². The van der Waals surface area contributed by atoms with Crippen LogP contribution < -0.4 is 16.0 Å². The van der Waals surface area contributed by atoms with E-state index in [0.29, 0.717) is 43.4 Å². The Morgan fingerprint density at radius 2 is 1.58 bits per heavy atom. The second-order valence-electron chi connectivity index (χ2n) is 12.2. The van der Waals surface area contributed by atoms with Crippen LogP contribution in [0.25, 0.3) is 0 Å². The Labute approximate surface area is 217 Å².